The number of rotatable bonds is 7. The highest BCUT2D eigenvalue weighted by Gasteiger charge is 2.31. The van der Waals surface area contributed by atoms with Crippen LogP contribution in [0.15, 0.2) is 42.5 Å². The van der Waals surface area contributed by atoms with Crippen molar-refractivity contribution in [2.24, 2.45) is 5.92 Å². The highest BCUT2D eigenvalue weighted by molar-refractivity contribution is 5.97. The lowest BCUT2D eigenvalue weighted by atomic mass is 10.0. The zero-order valence-electron chi connectivity index (χ0n) is 19.9. The minimum absolute atomic E-state index is 0.00600. The fourth-order valence-electron chi connectivity index (χ4n) is 4.04. The number of methoxy groups -OCH3 is 1. The number of nitrogens with zero attached hydrogens (tertiary/aromatic N) is 2. The molecule has 0 radical (unpaired) electrons. The number of benzene rings is 2. The number of amides is 2. The largest absolute Gasteiger partial charge is 0.496 e. The van der Waals surface area contributed by atoms with Gasteiger partial charge in [-0.3, -0.25) is 14.5 Å². The van der Waals surface area contributed by atoms with Crippen molar-refractivity contribution < 1.29 is 14.3 Å². The molecule has 0 saturated carbocycles. The summed E-state index contributed by atoms with van der Waals surface area (Å²) in [5, 5.41) is 2.96. The van der Waals surface area contributed by atoms with Crippen molar-refractivity contribution >= 4 is 11.8 Å². The molecule has 6 heteroatoms. The molecule has 32 heavy (non-hydrogen) atoms. The smallest absolute Gasteiger partial charge is 0.251 e. The number of hydrogen-bond donors (Lipinski definition) is 1. The van der Waals surface area contributed by atoms with E-state index >= 15 is 0 Å². The minimum Gasteiger partial charge on any atom is -0.496 e. The third-order valence-corrected chi connectivity index (χ3v) is 6.05. The highest BCUT2D eigenvalue weighted by Crippen LogP contribution is 2.22. The van der Waals surface area contributed by atoms with Gasteiger partial charge in [0.05, 0.1) is 7.11 Å². The molecule has 172 valence electrons. The summed E-state index contributed by atoms with van der Waals surface area (Å²) in [7, 11) is 1.70. The maximum Gasteiger partial charge on any atom is 0.251 e. The number of carbonyl (C=O) groups excluding carboxylic acids is 2. The van der Waals surface area contributed by atoms with Gasteiger partial charge in [-0.05, 0) is 38.0 Å². The number of piperazine rings is 1. The maximum atomic E-state index is 13.2. The molecule has 1 heterocycles. The Bertz CT molecular complexity index is 932. The van der Waals surface area contributed by atoms with Crippen LogP contribution in [0.3, 0.4) is 0 Å². The molecule has 1 aliphatic heterocycles. The van der Waals surface area contributed by atoms with Crippen LogP contribution in [0.4, 0.5) is 0 Å². The van der Waals surface area contributed by atoms with Crippen molar-refractivity contribution in [3.8, 4) is 5.75 Å². The quantitative estimate of drug-likeness (QED) is 0.721. The Balaban J connectivity index is 1.59. The lowest BCUT2D eigenvalue weighted by molar-refractivity contribution is -0.136. The first-order valence-electron chi connectivity index (χ1n) is 11.3. The van der Waals surface area contributed by atoms with Crippen LogP contribution in [0.2, 0.25) is 0 Å². The van der Waals surface area contributed by atoms with Crippen LogP contribution < -0.4 is 10.1 Å². The van der Waals surface area contributed by atoms with Gasteiger partial charge < -0.3 is 15.0 Å². The van der Waals surface area contributed by atoms with Crippen molar-refractivity contribution in [3.05, 3.63) is 64.7 Å². The average molecular weight is 438 g/mol. The Hall–Kier alpha value is -2.86. The zero-order chi connectivity index (χ0) is 23.3. The Morgan fingerprint density at radius 2 is 1.59 bits per heavy atom. The van der Waals surface area contributed by atoms with Crippen molar-refractivity contribution in [2.45, 2.75) is 40.3 Å². The Labute approximate surface area is 191 Å². The molecule has 2 aromatic rings. The molecule has 1 fully saturated rings. The molecule has 1 atom stereocenters. The lowest BCUT2D eigenvalue weighted by Gasteiger charge is -2.37. The first-order valence-corrected chi connectivity index (χ1v) is 11.3. The van der Waals surface area contributed by atoms with Gasteiger partial charge in [0.2, 0.25) is 5.91 Å². The molecule has 1 aliphatic rings. The number of nitrogens with one attached hydrogen (secondary N) is 1. The fourth-order valence-corrected chi connectivity index (χ4v) is 4.04. The van der Waals surface area contributed by atoms with Crippen LogP contribution in [-0.4, -0.2) is 60.9 Å². The summed E-state index contributed by atoms with van der Waals surface area (Å²) in [6, 6.07) is 13.1. The molecule has 0 aliphatic carbocycles. The monoisotopic (exact) mass is 437 g/mol. The van der Waals surface area contributed by atoms with Gasteiger partial charge in [-0.15, -0.1) is 0 Å². The van der Waals surface area contributed by atoms with E-state index in [0.29, 0.717) is 18.7 Å². The van der Waals surface area contributed by atoms with E-state index in [1.54, 1.807) is 19.2 Å². The predicted molar refractivity (Wildman–Crippen MR) is 127 cm³/mol. The number of carbonyl (C=O) groups is 2. The van der Waals surface area contributed by atoms with E-state index in [1.165, 1.54) is 5.56 Å². The SMILES string of the molecule is COc1ccc(C)cc1CN1CCN(C(=O)[C@H](NC(=O)c2ccc(C)cc2)C(C)C)CC1. The molecule has 0 bridgehead atoms. The summed E-state index contributed by atoms with van der Waals surface area (Å²) in [6.45, 7) is 11.7. The molecule has 6 nitrogen and oxygen atoms in total. The summed E-state index contributed by atoms with van der Waals surface area (Å²) in [6.07, 6.45) is 0. The maximum absolute atomic E-state index is 13.2. The van der Waals surface area contributed by atoms with E-state index < -0.39 is 6.04 Å². The van der Waals surface area contributed by atoms with E-state index in [0.717, 1.165) is 36.5 Å². The van der Waals surface area contributed by atoms with Gasteiger partial charge in [0.1, 0.15) is 11.8 Å². The second-order valence-electron chi connectivity index (χ2n) is 8.98. The van der Waals surface area contributed by atoms with E-state index in [9.17, 15) is 9.59 Å². The second kappa shape index (κ2) is 10.6. The van der Waals surface area contributed by atoms with Crippen LogP contribution in [0.1, 0.15) is 40.9 Å². The van der Waals surface area contributed by atoms with Crippen LogP contribution in [0, 0.1) is 19.8 Å². The van der Waals surface area contributed by atoms with Crippen molar-refractivity contribution in [3.63, 3.8) is 0 Å². The number of ether oxygens (including phenoxy) is 1. The van der Waals surface area contributed by atoms with E-state index in [4.69, 9.17) is 4.74 Å². The van der Waals surface area contributed by atoms with E-state index in [1.807, 2.05) is 43.9 Å². The lowest BCUT2D eigenvalue weighted by Crippen LogP contribution is -2.56. The zero-order valence-corrected chi connectivity index (χ0v) is 19.9. The van der Waals surface area contributed by atoms with Gasteiger partial charge in [0.15, 0.2) is 0 Å². The van der Waals surface area contributed by atoms with Crippen LogP contribution in [0.25, 0.3) is 0 Å². The Morgan fingerprint density at radius 1 is 0.969 bits per heavy atom. The first kappa shape index (κ1) is 23.8. The number of aryl methyl sites for hydroxylation is 2. The third-order valence-electron chi connectivity index (χ3n) is 6.05. The molecule has 2 amide bonds. The van der Waals surface area contributed by atoms with Gasteiger partial charge >= 0.3 is 0 Å². The summed E-state index contributed by atoms with van der Waals surface area (Å²) in [5.41, 5.74) is 4.04. The molecular weight excluding hydrogens is 402 g/mol. The third kappa shape index (κ3) is 5.88. The summed E-state index contributed by atoms with van der Waals surface area (Å²) >= 11 is 0. The second-order valence-corrected chi connectivity index (χ2v) is 8.98. The van der Waals surface area contributed by atoms with Crippen molar-refractivity contribution in [1.82, 2.24) is 15.1 Å². The normalized spacial score (nSPS) is 15.5. The number of hydrogen-bond acceptors (Lipinski definition) is 4. The minimum atomic E-state index is -0.535. The molecule has 1 N–H and O–H groups in total. The average Bonchev–Trinajstić information content (AvgIpc) is 2.78. The molecular formula is C26H35N3O3. The van der Waals surface area contributed by atoms with E-state index in [2.05, 4.69) is 29.3 Å². The Morgan fingerprint density at radius 3 is 2.19 bits per heavy atom. The summed E-state index contributed by atoms with van der Waals surface area (Å²) in [5.74, 6) is 0.690. The standard InChI is InChI=1S/C26H35N3O3/c1-18(2)24(27-25(30)21-9-6-19(3)7-10-21)26(31)29-14-12-28(13-15-29)17-22-16-20(4)8-11-23(22)32-5/h6-11,16,18,24H,12-15,17H2,1-5H3,(H,27,30)/t24-/m1/s1. The van der Waals surface area contributed by atoms with Crippen molar-refractivity contribution in [2.75, 3.05) is 33.3 Å². The van der Waals surface area contributed by atoms with E-state index in [-0.39, 0.29) is 17.7 Å². The first-order chi connectivity index (χ1) is 15.3. The Kier molecular flexibility index (Phi) is 7.91. The molecule has 3 rings (SSSR count). The van der Waals surface area contributed by atoms with Crippen LogP contribution >= 0.6 is 0 Å². The molecule has 0 aromatic heterocycles. The van der Waals surface area contributed by atoms with Crippen LogP contribution in [-0.2, 0) is 11.3 Å². The summed E-state index contributed by atoms with van der Waals surface area (Å²) in [4.78, 5) is 30.2. The predicted octanol–water partition coefficient (Wildman–Crippen LogP) is 3.41. The van der Waals surface area contributed by atoms with Crippen molar-refractivity contribution in [1.29, 1.82) is 0 Å². The van der Waals surface area contributed by atoms with Gasteiger partial charge in [-0.25, -0.2) is 0 Å². The molecule has 0 spiro atoms. The molecule has 0 unspecified atom stereocenters. The van der Waals surface area contributed by atoms with Gasteiger partial charge in [-0.1, -0.05) is 49.2 Å². The highest BCUT2D eigenvalue weighted by atomic mass is 16.5. The van der Waals surface area contributed by atoms with Gasteiger partial charge in [0.25, 0.3) is 5.91 Å². The van der Waals surface area contributed by atoms with Gasteiger partial charge in [0, 0.05) is 43.9 Å². The summed E-state index contributed by atoms with van der Waals surface area (Å²) < 4.78 is 5.51. The van der Waals surface area contributed by atoms with Gasteiger partial charge in [-0.2, -0.15) is 0 Å². The fraction of sp³-hybridized carbons (Fsp3) is 0.462. The molecule has 1 saturated heterocycles. The topological polar surface area (TPSA) is 61.9 Å². The van der Waals surface area contributed by atoms with Crippen LogP contribution in [0.5, 0.6) is 5.75 Å². The molecule has 2 aromatic carbocycles.